The highest BCUT2D eigenvalue weighted by Gasteiger charge is 2.28. The second-order valence-electron chi connectivity index (χ2n) is 9.24. The van der Waals surface area contributed by atoms with Gasteiger partial charge in [-0.05, 0) is 53.6 Å². The molecule has 4 aromatic carbocycles. The maximum atomic E-state index is 12.9. The molecule has 0 aliphatic carbocycles. The minimum absolute atomic E-state index is 0.000359. The Morgan fingerprint density at radius 3 is 2.34 bits per heavy atom. The van der Waals surface area contributed by atoms with E-state index in [-0.39, 0.29) is 41.1 Å². The number of carbonyl (C=O) groups is 2. The van der Waals surface area contributed by atoms with E-state index < -0.39 is 15.9 Å². The van der Waals surface area contributed by atoms with Crippen LogP contribution in [0, 0.1) is 0 Å². The first-order chi connectivity index (χ1) is 19.8. The molecule has 10 heteroatoms. The van der Waals surface area contributed by atoms with Gasteiger partial charge in [-0.3, -0.25) is 9.59 Å². The van der Waals surface area contributed by atoms with Crippen molar-refractivity contribution < 1.29 is 37.0 Å². The van der Waals surface area contributed by atoms with Crippen LogP contribution in [-0.4, -0.2) is 34.3 Å². The molecule has 0 saturated carbocycles. The van der Waals surface area contributed by atoms with Crippen molar-refractivity contribution in [2.75, 3.05) is 14.2 Å². The van der Waals surface area contributed by atoms with E-state index in [2.05, 4.69) is 4.72 Å². The second-order valence-corrected chi connectivity index (χ2v) is 10.9. The molecule has 1 aliphatic heterocycles. The number of rotatable bonds is 9. The average molecular weight is 574 g/mol. The maximum absolute atomic E-state index is 12.9. The minimum atomic E-state index is -4.16. The summed E-state index contributed by atoms with van der Waals surface area (Å²) in [5, 5.41) is 0. The summed E-state index contributed by atoms with van der Waals surface area (Å²) in [7, 11) is -1.35. The molecule has 1 N–H and O–H groups in total. The summed E-state index contributed by atoms with van der Waals surface area (Å²) in [6.45, 7) is 0.141. The first kappa shape index (κ1) is 27.7. The summed E-state index contributed by atoms with van der Waals surface area (Å²) in [6.07, 6.45) is -0.105. The number of hydrogen-bond acceptors (Lipinski definition) is 8. The van der Waals surface area contributed by atoms with Gasteiger partial charge < -0.3 is 18.9 Å². The predicted molar refractivity (Wildman–Crippen MR) is 150 cm³/mol. The largest absolute Gasteiger partial charge is 0.497 e. The third-order valence-corrected chi connectivity index (χ3v) is 7.93. The van der Waals surface area contributed by atoms with E-state index in [0.717, 1.165) is 5.56 Å². The Morgan fingerprint density at radius 1 is 0.902 bits per heavy atom. The maximum Gasteiger partial charge on any atom is 0.268 e. The van der Waals surface area contributed by atoms with E-state index in [1.54, 1.807) is 36.4 Å². The quantitative estimate of drug-likeness (QED) is 0.294. The van der Waals surface area contributed by atoms with Crippen molar-refractivity contribution in [3.63, 3.8) is 0 Å². The minimum Gasteiger partial charge on any atom is -0.497 e. The van der Waals surface area contributed by atoms with Gasteiger partial charge in [0.1, 0.15) is 35.7 Å². The highest BCUT2D eigenvalue weighted by Crippen LogP contribution is 2.37. The van der Waals surface area contributed by atoms with Crippen LogP contribution in [0.5, 0.6) is 23.0 Å². The summed E-state index contributed by atoms with van der Waals surface area (Å²) < 4.78 is 50.1. The van der Waals surface area contributed by atoms with Gasteiger partial charge >= 0.3 is 0 Å². The Labute approximate surface area is 237 Å². The van der Waals surface area contributed by atoms with Crippen LogP contribution < -0.4 is 23.7 Å². The fourth-order valence-corrected chi connectivity index (χ4v) is 5.37. The molecule has 1 heterocycles. The zero-order valence-corrected chi connectivity index (χ0v) is 23.1. The Hall–Kier alpha value is -4.83. The molecule has 210 valence electrons. The Kier molecular flexibility index (Phi) is 7.93. The van der Waals surface area contributed by atoms with E-state index in [1.165, 1.54) is 38.5 Å². The number of carbonyl (C=O) groups excluding carboxylic acids is 2. The van der Waals surface area contributed by atoms with Crippen LogP contribution >= 0.6 is 0 Å². The van der Waals surface area contributed by atoms with Crippen molar-refractivity contribution in [2.45, 2.75) is 24.0 Å². The first-order valence-electron chi connectivity index (χ1n) is 12.7. The number of sulfonamides is 1. The Bertz CT molecular complexity index is 1690. The smallest absolute Gasteiger partial charge is 0.268 e. The lowest BCUT2D eigenvalue weighted by Crippen LogP contribution is -2.30. The number of methoxy groups -OCH3 is 2. The fraction of sp³-hybridized carbons (Fsp3) is 0.161. The van der Waals surface area contributed by atoms with E-state index in [4.69, 9.17) is 18.9 Å². The molecule has 1 atom stereocenters. The average Bonchev–Trinajstić information content (AvgIpc) is 3.00. The van der Waals surface area contributed by atoms with Crippen LogP contribution in [0.25, 0.3) is 0 Å². The Balaban J connectivity index is 1.24. The van der Waals surface area contributed by atoms with Crippen molar-refractivity contribution in [3.05, 3.63) is 113 Å². The van der Waals surface area contributed by atoms with Crippen molar-refractivity contribution in [3.8, 4) is 23.0 Å². The lowest BCUT2D eigenvalue weighted by molar-refractivity contribution is 0.0848. The van der Waals surface area contributed by atoms with Gasteiger partial charge in [-0.15, -0.1) is 0 Å². The topological polar surface area (TPSA) is 117 Å². The van der Waals surface area contributed by atoms with Crippen LogP contribution in [0.2, 0.25) is 0 Å². The fourth-order valence-electron chi connectivity index (χ4n) is 4.41. The lowest BCUT2D eigenvalue weighted by Gasteiger charge is -2.26. The monoisotopic (exact) mass is 573 g/mol. The number of ether oxygens (including phenoxy) is 4. The summed E-state index contributed by atoms with van der Waals surface area (Å²) in [5.41, 5.74) is 2.15. The molecule has 0 bridgehead atoms. The number of benzene rings is 4. The molecule has 1 unspecified atom stereocenters. The van der Waals surface area contributed by atoms with Crippen LogP contribution in [0.3, 0.4) is 0 Å². The van der Waals surface area contributed by atoms with Gasteiger partial charge in [-0.2, -0.15) is 0 Å². The number of hydrogen-bond donors (Lipinski definition) is 1. The predicted octanol–water partition coefficient (Wildman–Crippen LogP) is 5.11. The van der Waals surface area contributed by atoms with E-state index in [1.807, 2.05) is 30.3 Å². The van der Waals surface area contributed by atoms with Crippen molar-refractivity contribution in [1.82, 2.24) is 4.72 Å². The van der Waals surface area contributed by atoms with Gasteiger partial charge in [0.2, 0.25) is 0 Å². The number of amides is 1. The van der Waals surface area contributed by atoms with Gasteiger partial charge in [0, 0.05) is 6.07 Å². The summed E-state index contributed by atoms with van der Waals surface area (Å²) in [4.78, 5) is 25.3. The van der Waals surface area contributed by atoms with E-state index in [9.17, 15) is 18.0 Å². The molecule has 0 aromatic heterocycles. The normalized spacial score (nSPS) is 14.4. The van der Waals surface area contributed by atoms with Gasteiger partial charge in [0.25, 0.3) is 15.9 Å². The molecule has 1 aliphatic rings. The summed E-state index contributed by atoms with van der Waals surface area (Å²) >= 11 is 0. The zero-order valence-electron chi connectivity index (χ0n) is 22.3. The van der Waals surface area contributed by atoms with Crippen molar-refractivity contribution >= 4 is 21.7 Å². The molecule has 0 spiro atoms. The van der Waals surface area contributed by atoms with Gasteiger partial charge in [0.15, 0.2) is 5.78 Å². The molecule has 5 rings (SSSR count). The van der Waals surface area contributed by atoms with Crippen LogP contribution in [0.1, 0.15) is 44.4 Å². The van der Waals surface area contributed by atoms with Gasteiger partial charge in [-0.25, -0.2) is 13.1 Å². The SMILES string of the molecule is COc1ccc(OC)c(C(=O)NS(=O)(=O)c2ccc(COc3ccc4c(c3)OC(c3ccccc3)CC4=O)cc2)c1. The highest BCUT2D eigenvalue weighted by atomic mass is 32.2. The Morgan fingerprint density at radius 2 is 1.63 bits per heavy atom. The second kappa shape index (κ2) is 11.7. The van der Waals surface area contributed by atoms with Crippen molar-refractivity contribution in [2.24, 2.45) is 0 Å². The molecule has 1 amide bonds. The van der Waals surface area contributed by atoms with Crippen LogP contribution in [0.15, 0.2) is 95.9 Å². The summed E-state index contributed by atoms with van der Waals surface area (Å²) in [6, 6.07) is 25.1. The molecular formula is C31H27NO8S. The first-order valence-corrected chi connectivity index (χ1v) is 14.2. The van der Waals surface area contributed by atoms with E-state index >= 15 is 0 Å². The highest BCUT2D eigenvalue weighted by molar-refractivity contribution is 7.90. The third-order valence-electron chi connectivity index (χ3n) is 6.58. The molecule has 0 radical (unpaired) electrons. The van der Waals surface area contributed by atoms with Crippen LogP contribution in [-0.2, 0) is 16.6 Å². The van der Waals surface area contributed by atoms with Crippen LogP contribution in [0.4, 0.5) is 0 Å². The van der Waals surface area contributed by atoms with Crippen molar-refractivity contribution in [1.29, 1.82) is 0 Å². The number of fused-ring (bicyclic) bond motifs is 1. The molecule has 0 saturated heterocycles. The number of Topliss-reactive ketones (excluding diaryl/α,β-unsaturated/α-hetero) is 1. The summed E-state index contributed by atoms with van der Waals surface area (Å²) in [5.74, 6) is 0.694. The molecule has 4 aromatic rings. The zero-order chi connectivity index (χ0) is 29.0. The van der Waals surface area contributed by atoms with E-state index in [0.29, 0.717) is 28.4 Å². The standard InChI is InChI=1S/C31H27NO8S/c1-37-22-11-15-28(38-2)26(16-22)31(34)32-41(35,36)24-12-8-20(9-13-24)19-39-23-10-14-25-27(33)18-29(40-30(25)17-23)21-6-4-3-5-7-21/h3-17,29H,18-19H2,1-2H3,(H,32,34). The van der Waals surface area contributed by atoms with Gasteiger partial charge in [-0.1, -0.05) is 42.5 Å². The number of ketones is 1. The molecular weight excluding hydrogens is 546 g/mol. The van der Waals surface area contributed by atoms with Gasteiger partial charge in [0.05, 0.1) is 36.7 Å². The molecule has 9 nitrogen and oxygen atoms in total. The molecule has 0 fully saturated rings. The lowest BCUT2D eigenvalue weighted by atomic mass is 9.96. The third kappa shape index (κ3) is 6.17. The number of nitrogens with one attached hydrogen (secondary N) is 1. The molecule has 41 heavy (non-hydrogen) atoms.